The van der Waals surface area contributed by atoms with Gasteiger partial charge in [0, 0.05) is 37.1 Å². The Morgan fingerprint density at radius 3 is 2.43 bits per heavy atom. The van der Waals surface area contributed by atoms with Crippen molar-refractivity contribution in [2.75, 3.05) is 35.2 Å². The first-order valence-electron chi connectivity index (χ1n) is 8.46. The molecule has 1 aromatic carbocycles. The van der Waals surface area contributed by atoms with Gasteiger partial charge in [-0.1, -0.05) is 6.92 Å². The van der Waals surface area contributed by atoms with Crippen molar-refractivity contribution < 1.29 is 0 Å². The van der Waals surface area contributed by atoms with E-state index in [1.54, 1.807) is 0 Å². The van der Waals surface area contributed by atoms with Crippen LogP contribution in [-0.2, 0) is 0 Å². The summed E-state index contributed by atoms with van der Waals surface area (Å²) in [4.78, 5) is 11.3. The second-order valence-electron chi connectivity index (χ2n) is 5.98. The Kier molecular flexibility index (Phi) is 4.95. The third-order valence-electron chi connectivity index (χ3n) is 4.00. The van der Waals surface area contributed by atoms with E-state index >= 15 is 0 Å². The minimum atomic E-state index is 0.766. The average molecular weight is 311 g/mol. The smallest absolute Gasteiger partial charge is 0.136 e. The average Bonchev–Trinajstić information content (AvgIpc) is 3.07. The van der Waals surface area contributed by atoms with Crippen LogP contribution in [0, 0.1) is 6.92 Å². The first kappa shape index (κ1) is 15.6. The highest BCUT2D eigenvalue weighted by Gasteiger charge is 2.11. The molecular weight excluding hydrogens is 286 g/mol. The summed E-state index contributed by atoms with van der Waals surface area (Å²) in [6, 6.07) is 10.5. The highest BCUT2D eigenvalue weighted by Crippen LogP contribution is 2.24. The Morgan fingerprint density at radius 1 is 1.04 bits per heavy atom. The summed E-state index contributed by atoms with van der Waals surface area (Å²) in [5.74, 6) is 2.46. The van der Waals surface area contributed by atoms with E-state index < -0.39 is 0 Å². The van der Waals surface area contributed by atoms with Crippen LogP contribution >= 0.6 is 0 Å². The van der Waals surface area contributed by atoms with Gasteiger partial charge in [0.1, 0.15) is 17.5 Å². The number of rotatable bonds is 6. The van der Waals surface area contributed by atoms with Gasteiger partial charge in [-0.15, -0.1) is 0 Å². The molecule has 0 spiro atoms. The molecule has 5 nitrogen and oxygen atoms in total. The van der Waals surface area contributed by atoms with Gasteiger partial charge in [-0.2, -0.15) is 0 Å². The second-order valence-corrected chi connectivity index (χ2v) is 5.98. The molecule has 0 unspecified atom stereocenters. The number of benzene rings is 1. The molecule has 0 amide bonds. The molecule has 1 fully saturated rings. The first-order chi connectivity index (χ1) is 11.2. The minimum absolute atomic E-state index is 0.766. The zero-order valence-electron chi connectivity index (χ0n) is 14.0. The molecule has 23 heavy (non-hydrogen) atoms. The molecule has 1 saturated heterocycles. The topological polar surface area (TPSA) is 53.1 Å². The van der Waals surface area contributed by atoms with Crippen LogP contribution in [0.1, 0.15) is 32.0 Å². The summed E-state index contributed by atoms with van der Waals surface area (Å²) in [6.07, 6.45) is 3.67. The first-order valence-corrected chi connectivity index (χ1v) is 8.46. The lowest BCUT2D eigenvalue weighted by Crippen LogP contribution is -2.17. The fourth-order valence-electron chi connectivity index (χ4n) is 2.85. The molecule has 0 aliphatic carbocycles. The summed E-state index contributed by atoms with van der Waals surface area (Å²) >= 11 is 0. The number of nitrogens with one attached hydrogen (secondary N) is 2. The van der Waals surface area contributed by atoms with Gasteiger partial charge in [0.15, 0.2) is 0 Å². The van der Waals surface area contributed by atoms with Crippen LogP contribution in [-0.4, -0.2) is 29.6 Å². The number of aryl methyl sites for hydroxylation is 1. The number of aromatic nitrogens is 2. The third kappa shape index (κ3) is 4.12. The predicted octanol–water partition coefficient (Wildman–Crippen LogP) is 3.95. The maximum absolute atomic E-state index is 4.46. The van der Waals surface area contributed by atoms with Crippen LogP contribution < -0.4 is 15.5 Å². The van der Waals surface area contributed by atoms with E-state index in [4.69, 9.17) is 0 Å². The summed E-state index contributed by atoms with van der Waals surface area (Å²) in [5.41, 5.74) is 2.35. The molecule has 1 aromatic heterocycles. The molecule has 0 atom stereocenters. The number of hydrogen-bond donors (Lipinski definition) is 2. The minimum Gasteiger partial charge on any atom is -0.372 e. The molecule has 2 aromatic rings. The van der Waals surface area contributed by atoms with Gasteiger partial charge in [-0.3, -0.25) is 0 Å². The molecule has 122 valence electrons. The van der Waals surface area contributed by atoms with E-state index in [2.05, 4.69) is 56.7 Å². The van der Waals surface area contributed by atoms with Gasteiger partial charge in [-0.25, -0.2) is 9.97 Å². The van der Waals surface area contributed by atoms with Crippen molar-refractivity contribution >= 4 is 23.0 Å². The second kappa shape index (κ2) is 7.31. The molecule has 0 radical (unpaired) electrons. The number of anilines is 4. The largest absolute Gasteiger partial charge is 0.372 e. The molecule has 3 rings (SSSR count). The van der Waals surface area contributed by atoms with Crippen LogP contribution in [0.15, 0.2) is 30.3 Å². The normalized spacial score (nSPS) is 14.1. The molecule has 0 saturated carbocycles. The lowest BCUT2D eigenvalue weighted by atomic mass is 10.2. The fraction of sp³-hybridized carbons (Fsp3) is 0.444. The summed E-state index contributed by atoms with van der Waals surface area (Å²) < 4.78 is 0. The lowest BCUT2D eigenvalue weighted by Gasteiger charge is -2.18. The van der Waals surface area contributed by atoms with Gasteiger partial charge < -0.3 is 15.5 Å². The molecular formula is C18H25N5. The van der Waals surface area contributed by atoms with Crippen LogP contribution in [0.25, 0.3) is 0 Å². The predicted molar refractivity (Wildman–Crippen MR) is 96.7 cm³/mol. The van der Waals surface area contributed by atoms with Gasteiger partial charge in [-0.05, 0) is 50.5 Å². The molecule has 1 aliphatic heterocycles. The number of hydrogen-bond acceptors (Lipinski definition) is 5. The Balaban J connectivity index is 1.69. The highest BCUT2D eigenvalue weighted by atomic mass is 15.1. The van der Waals surface area contributed by atoms with Crippen molar-refractivity contribution in [2.24, 2.45) is 0 Å². The monoisotopic (exact) mass is 311 g/mol. The molecule has 0 bridgehead atoms. The van der Waals surface area contributed by atoms with Crippen molar-refractivity contribution in [1.29, 1.82) is 0 Å². The molecule has 2 heterocycles. The van der Waals surface area contributed by atoms with Crippen molar-refractivity contribution in [1.82, 2.24) is 9.97 Å². The third-order valence-corrected chi connectivity index (χ3v) is 4.00. The maximum Gasteiger partial charge on any atom is 0.136 e. The SMILES string of the molecule is CCCNc1cc(Nc2ccc(N3CCCC3)cc2)nc(C)n1. The Bertz CT molecular complexity index is 632. The maximum atomic E-state index is 4.46. The molecule has 2 N–H and O–H groups in total. The van der Waals surface area contributed by atoms with E-state index in [0.717, 1.165) is 36.1 Å². The fourth-order valence-corrected chi connectivity index (χ4v) is 2.85. The van der Waals surface area contributed by atoms with Crippen LogP contribution in [0.3, 0.4) is 0 Å². The van der Waals surface area contributed by atoms with Crippen LogP contribution in [0.5, 0.6) is 0 Å². The summed E-state index contributed by atoms with van der Waals surface area (Å²) in [7, 11) is 0. The van der Waals surface area contributed by atoms with Crippen molar-refractivity contribution in [2.45, 2.75) is 33.1 Å². The van der Waals surface area contributed by atoms with Gasteiger partial charge in [0.25, 0.3) is 0 Å². The van der Waals surface area contributed by atoms with Crippen LogP contribution in [0.2, 0.25) is 0 Å². The Labute approximate surface area is 138 Å². The lowest BCUT2D eigenvalue weighted by molar-refractivity contribution is 0.949. The van der Waals surface area contributed by atoms with Crippen molar-refractivity contribution in [3.63, 3.8) is 0 Å². The van der Waals surface area contributed by atoms with Gasteiger partial charge in [0.2, 0.25) is 0 Å². The zero-order valence-corrected chi connectivity index (χ0v) is 14.0. The van der Waals surface area contributed by atoms with Crippen molar-refractivity contribution in [3.05, 3.63) is 36.2 Å². The Morgan fingerprint density at radius 2 is 1.74 bits per heavy atom. The number of nitrogens with zero attached hydrogens (tertiary/aromatic N) is 3. The van der Waals surface area contributed by atoms with Crippen LogP contribution in [0.4, 0.5) is 23.0 Å². The van der Waals surface area contributed by atoms with Gasteiger partial charge in [0.05, 0.1) is 0 Å². The zero-order chi connectivity index (χ0) is 16.1. The summed E-state index contributed by atoms with van der Waals surface area (Å²) in [6.45, 7) is 7.32. The van der Waals surface area contributed by atoms with E-state index in [9.17, 15) is 0 Å². The Hall–Kier alpha value is -2.30. The van der Waals surface area contributed by atoms with E-state index in [1.165, 1.54) is 31.6 Å². The molecule has 5 heteroatoms. The van der Waals surface area contributed by atoms with E-state index in [-0.39, 0.29) is 0 Å². The summed E-state index contributed by atoms with van der Waals surface area (Å²) in [5, 5.41) is 6.68. The standard InChI is InChI=1S/C18H25N5/c1-3-10-19-17-13-18(21-14(2)20-17)22-15-6-8-16(9-7-15)23-11-4-5-12-23/h6-9,13H,3-5,10-12H2,1-2H3,(H2,19,20,21,22). The van der Waals surface area contributed by atoms with Crippen molar-refractivity contribution in [3.8, 4) is 0 Å². The van der Waals surface area contributed by atoms with Gasteiger partial charge >= 0.3 is 0 Å². The van der Waals surface area contributed by atoms with E-state index in [1.807, 2.05) is 13.0 Å². The highest BCUT2D eigenvalue weighted by molar-refractivity contribution is 5.62. The quantitative estimate of drug-likeness (QED) is 0.846. The molecule has 1 aliphatic rings. The van der Waals surface area contributed by atoms with E-state index in [0.29, 0.717) is 0 Å².